The normalized spacial score (nSPS) is 26.8. The van der Waals surface area contributed by atoms with Crippen molar-refractivity contribution >= 4 is 59.4 Å². The molecule has 1 fully saturated rings. The molecule has 0 spiro atoms. The minimum atomic E-state index is -3.01. The molecule has 11 heteroatoms. The highest BCUT2D eigenvalue weighted by Crippen LogP contribution is 2.42. The van der Waals surface area contributed by atoms with E-state index in [4.69, 9.17) is 48.7 Å². The van der Waals surface area contributed by atoms with E-state index in [1.54, 1.807) is 0 Å². The van der Waals surface area contributed by atoms with Crippen molar-refractivity contribution < 1.29 is 13.9 Å². The van der Waals surface area contributed by atoms with Crippen molar-refractivity contribution in [1.29, 1.82) is 0 Å². The molecule has 35 heavy (non-hydrogen) atoms. The van der Waals surface area contributed by atoms with E-state index < -0.39 is 42.7 Å². The van der Waals surface area contributed by atoms with Gasteiger partial charge in [-0.2, -0.15) is 0 Å². The maximum Gasteiger partial charge on any atom is 0.266 e. The molecule has 0 N–H and O–H groups in total. The van der Waals surface area contributed by atoms with Crippen LogP contribution in [0.5, 0.6) is 0 Å². The van der Waals surface area contributed by atoms with E-state index in [0.29, 0.717) is 0 Å². The number of nitrogens with zero attached hydrogens (tertiary/aromatic N) is 4. The Morgan fingerprint density at radius 3 is 2.00 bits per heavy atom. The summed E-state index contributed by atoms with van der Waals surface area (Å²) in [6.07, 6.45) is -2.03. The second-order valence-corrected chi connectivity index (χ2v) is 16.2. The van der Waals surface area contributed by atoms with Gasteiger partial charge >= 0.3 is 0 Å². The lowest BCUT2D eigenvalue weighted by atomic mass is 9.97. The Balaban J connectivity index is 1.82. The molecule has 1 saturated heterocycles. The highest BCUT2D eigenvalue weighted by molar-refractivity contribution is 6.99. The van der Waals surface area contributed by atoms with Crippen LogP contribution >= 0.6 is 34.8 Å². The molecule has 0 bridgehead atoms. The molecular formula is C24H27Cl3N4O3Si. The second kappa shape index (κ2) is 9.94. The number of hydrogen-bond acceptors (Lipinski definition) is 5. The summed E-state index contributed by atoms with van der Waals surface area (Å²) in [5.74, 6) is -0.0443. The van der Waals surface area contributed by atoms with Gasteiger partial charge in [-0.1, -0.05) is 121 Å². The average molecular weight is 554 g/mol. The maximum absolute atomic E-state index is 9.43. The topological polar surface area (TPSA) is 88.8 Å². The van der Waals surface area contributed by atoms with Gasteiger partial charge in [-0.3, -0.25) is 0 Å². The van der Waals surface area contributed by atoms with Gasteiger partial charge in [0.2, 0.25) is 5.90 Å². The summed E-state index contributed by atoms with van der Waals surface area (Å²) >= 11 is 18.1. The van der Waals surface area contributed by atoms with E-state index in [1.165, 1.54) is 0 Å². The zero-order valence-corrected chi connectivity index (χ0v) is 23.1. The molecule has 0 radical (unpaired) electrons. The Kier molecular flexibility index (Phi) is 7.47. The number of benzene rings is 2. The van der Waals surface area contributed by atoms with Crippen LogP contribution in [-0.4, -0.2) is 48.6 Å². The first-order chi connectivity index (χ1) is 16.5. The van der Waals surface area contributed by atoms with Crippen molar-refractivity contribution in [2.75, 3.05) is 0 Å². The molecule has 0 aliphatic carbocycles. The standard InChI is InChI=1S/C24H27Cl3N4O3Si/c1-15-18-20(33-22(29-18)24(25,26)27)19(30-31-28)21(32-15)34-35(23(2,3)4,16-11-7-5-8-12-16)17-13-9-6-10-14-17/h5-15,18-21H,1-4H3/t15-,18+,19-,20+,21+/m1/s1. The molecule has 2 aliphatic rings. The summed E-state index contributed by atoms with van der Waals surface area (Å²) in [5, 5.41) is 5.87. The summed E-state index contributed by atoms with van der Waals surface area (Å²) in [5.41, 5.74) is 9.43. The molecule has 4 rings (SSSR count). The van der Waals surface area contributed by atoms with Crippen molar-refractivity contribution in [1.82, 2.24) is 0 Å². The lowest BCUT2D eigenvalue weighted by Gasteiger charge is -2.48. The fraction of sp³-hybridized carbons (Fsp3) is 0.458. The zero-order chi connectivity index (χ0) is 25.4. The quantitative estimate of drug-likeness (QED) is 0.160. The fourth-order valence-corrected chi connectivity index (χ4v) is 9.73. The molecule has 5 atom stereocenters. The molecule has 186 valence electrons. The first-order valence-corrected chi connectivity index (χ1v) is 14.3. The summed E-state index contributed by atoms with van der Waals surface area (Å²) < 4.78 is 17.6. The van der Waals surface area contributed by atoms with Crippen LogP contribution in [0, 0.1) is 0 Å². The van der Waals surface area contributed by atoms with E-state index in [0.717, 1.165) is 10.4 Å². The van der Waals surface area contributed by atoms with E-state index in [1.807, 2.05) is 43.3 Å². The molecule has 0 saturated carbocycles. The highest BCUT2D eigenvalue weighted by Gasteiger charge is 2.57. The molecule has 2 aliphatic heterocycles. The van der Waals surface area contributed by atoms with Gasteiger partial charge in [0, 0.05) is 4.91 Å². The van der Waals surface area contributed by atoms with Gasteiger partial charge in [0.05, 0.1) is 6.10 Å². The smallest absolute Gasteiger partial charge is 0.266 e. The SMILES string of the molecule is C[C@H]1O[C@@H](O[Si](c2ccccc2)(c2ccccc2)C(C)(C)C)[C@H](N=[N+]=[N-])[C@H]2OC(C(Cl)(Cl)Cl)=N[C@H]21. The number of alkyl halides is 3. The summed E-state index contributed by atoms with van der Waals surface area (Å²) in [7, 11) is -3.01. The van der Waals surface area contributed by atoms with E-state index in [-0.39, 0.29) is 10.9 Å². The molecule has 0 aromatic heterocycles. The number of halogens is 3. The molecule has 7 nitrogen and oxygen atoms in total. The van der Waals surface area contributed by atoms with E-state index in [2.05, 4.69) is 60.1 Å². The Bertz CT molecular complexity index is 1080. The first-order valence-electron chi connectivity index (χ1n) is 11.3. The van der Waals surface area contributed by atoms with Gasteiger partial charge in [0.25, 0.3) is 12.1 Å². The van der Waals surface area contributed by atoms with Gasteiger partial charge in [-0.05, 0) is 27.9 Å². The van der Waals surface area contributed by atoms with Gasteiger partial charge in [0.15, 0.2) is 6.29 Å². The van der Waals surface area contributed by atoms with Crippen molar-refractivity contribution in [2.45, 2.75) is 67.1 Å². The Morgan fingerprint density at radius 2 is 1.54 bits per heavy atom. The molecule has 0 unspecified atom stereocenters. The first kappa shape index (κ1) is 26.3. The van der Waals surface area contributed by atoms with E-state index >= 15 is 0 Å². The van der Waals surface area contributed by atoms with Gasteiger partial charge in [-0.25, -0.2) is 4.99 Å². The lowest BCUT2D eigenvalue weighted by Crippen LogP contribution is -2.70. The van der Waals surface area contributed by atoms with Crippen molar-refractivity contribution in [2.24, 2.45) is 10.1 Å². The molecule has 0 amide bonds. The Hall–Kier alpha value is -1.77. The average Bonchev–Trinajstić information content (AvgIpc) is 3.27. The third-order valence-corrected chi connectivity index (χ3v) is 11.9. The molecule has 2 aromatic carbocycles. The van der Waals surface area contributed by atoms with Gasteiger partial charge in [-0.15, -0.1) is 0 Å². The third kappa shape index (κ3) is 4.94. The summed E-state index contributed by atoms with van der Waals surface area (Å²) in [4.78, 5) is 7.51. The number of rotatable bonds is 5. The minimum absolute atomic E-state index is 0.0443. The van der Waals surface area contributed by atoms with Crippen molar-refractivity contribution in [3.63, 3.8) is 0 Å². The number of hydrogen-bond donors (Lipinski definition) is 0. The Labute approximate surface area is 221 Å². The fourth-order valence-electron chi connectivity index (χ4n) is 4.89. The van der Waals surface area contributed by atoms with E-state index in [9.17, 15) is 5.53 Å². The highest BCUT2D eigenvalue weighted by atomic mass is 35.6. The van der Waals surface area contributed by atoms with Crippen LogP contribution in [-0.2, 0) is 13.9 Å². The number of ether oxygens (including phenoxy) is 2. The van der Waals surface area contributed by atoms with Gasteiger partial charge in [0.1, 0.15) is 18.2 Å². The number of aliphatic imine (C=N–C) groups is 1. The maximum atomic E-state index is 9.43. The third-order valence-electron chi connectivity index (χ3n) is 6.43. The minimum Gasteiger partial charge on any atom is -0.472 e. The van der Waals surface area contributed by atoms with Crippen LogP contribution in [0.1, 0.15) is 27.7 Å². The number of fused-ring (bicyclic) bond motifs is 1. The number of azide groups is 1. The monoisotopic (exact) mass is 552 g/mol. The van der Waals surface area contributed by atoms with Gasteiger partial charge < -0.3 is 13.9 Å². The summed E-state index contributed by atoms with van der Waals surface area (Å²) in [6, 6.07) is 18.9. The van der Waals surface area contributed by atoms with Crippen LogP contribution in [0.3, 0.4) is 0 Å². The Morgan fingerprint density at radius 1 is 1.00 bits per heavy atom. The van der Waals surface area contributed by atoms with Crippen molar-refractivity contribution in [3.05, 3.63) is 71.1 Å². The van der Waals surface area contributed by atoms with Crippen LogP contribution in [0.25, 0.3) is 10.4 Å². The van der Waals surface area contributed by atoms with Crippen LogP contribution in [0.4, 0.5) is 0 Å². The largest absolute Gasteiger partial charge is 0.472 e. The summed E-state index contributed by atoms with van der Waals surface area (Å²) in [6.45, 7) is 8.34. The van der Waals surface area contributed by atoms with Crippen LogP contribution in [0.15, 0.2) is 70.8 Å². The predicted octanol–water partition coefficient (Wildman–Crippen LogP) is 5.52. The second-order valence-electron chi connectivity index (χ2n) is 9.69. The van der Waals surface area contributed by atoms with Crippen molar-refractivity contribution in [3.8, 4) is 0 Å². The predicted molar refractivity (Wildman–Crippen MR) is 142 cm³/mol. The zero-order valence-electron chi connectivity index (χ0n) is 19.8. The molecular weight excluding hydrogens is 527 g/mol. The van der Waals surface area contributed by atoms with Crippen LogP contribution < -0.4 is 10.4 Å². The molecule has 2 aromatic rings. The lowest BCUT2D eigenvalue weighted by molar-refractivity contribution is -0.185. The molecule has 2 heterocycles. The van der Waals surface area contributed by atoms with Crippen LogP contribution in [0.2, 0.25) is 5.04 Å².